The van der Waals surface area contributed by atoms with Crippen LogP contribution in [0.15, 0.2) is 24.3 Å². The van der Waals surface area contributed by atoms with Crippen molar-refractivity contribution in [2.75, 3.05) is 13.2 Å². The maximum atomic E-state index is 10.6. The van der Waals surface area contributed by atoms with Gasteiger partial charge >= 0.3 is 0 Å². The molecular formula is C12H14N2O3. The molecule has 0 amide bonds. The normalized spacial score (nSPS) is 30.7. The van der Waals surface area contributed by atoms with Crippen LogP contribution in [0.2, 0.25) is 0 Å². The van der Waals surface area contributed by atoms with Crippen LogP contribution in [0, 0.1) is 10.1 Å². The smallest absolute Gasteiger partial charge is 0.269 e. The van der Waals surface area contributed by atoms with Crippen LogP contribution in [0.25, 0.3) is 0 Å². The van der Waals surface area contributed by atoms with Crippen molar-refractivity contribution in [2.45, 2.75) is 24.5 Å². The number of non-ortho nitro benzene ring substituents is 1. The zero-order valence-electron chi connectivity index (χ0n) is 9.39. The summed E-state index contributed by atoms with van der Waals surface area (Å²) in [6.45, 7) is 1.67. The molecule has 0 saturated carbocycles. The first-order valence-electron chi connectivity index (χ1n) is 5.78. The summed E-state index contributed by atoms with van der Waals surface area (Å²) < 4.78 is 5.82. The summed E-state index contributed by atoms with van der Waals surface area (Å²) in [5, 5.41) is 14.0. The molecule has 5 nitrogen and oxygen atoms in total. The third-order valence-corrected chi connectivity index (χ3v) is 3.60. The van der Waals surface area contributed by atoms with Gasteiger partial charge in [0.2, 0.25) is 0 Å². The first-order valence-corrected chi connectivity index (χ1v) is 5.78. The molecule has 2 aliphatic rings. The van der Waals surface area contributed by atoms with Gasteiger partial charge in [-0.05, 0) is 12.0 Å². The average Bonchev–Trinajstić information content (AvgIpc) is 2.89. The summed E-state index contributed by atoms with van der Waals surface area (Å²) in [5.74, 6) is 0. The lowest BCUT2D eigenvalue weighted by Gasteiger charge is -2.26. The molecule has 0 radical (unpaired) electrons. The van der Waals surface area contributed by atoms with E-state index in [2.05, 4.69) is 5.32 Å². The molecule has 1 unspecified atom stereocenters. The van der Waals surface area contributed by atoms with E-state index in [1.165, 1.54) is 0 Å². The molecular weight excluding hydrogens is 220 g/mol. The van der Waals surface area contributed by atoms with Gasteiger partial charge in [-0.15, -0.1) is 0 Å². The molecule has 2 saturated heterocycles. The van der Waals surface area contributed by atoms with Gasteiger partial charge < -0.3 is 10.1 Å². The van der Waals surface area contributed by atoms with Gasteiger partial charge in [-0.25, -0.2) is 0 Å². The largest absolute Gasteiger partial charge is 0.372 e. The highest BCUT2D eigenvalue weighted by Crippen LogP contribution is 2.34. The van der Waals surface area contributed by atoms with E-state index in [1.54, 1.807) is 12.1 Å². The Morgan fingerprint density at radius 1 is 1.47 bits per heavy atom. The van der Waals surface area contributed by atoms with Crippen LogP contribution in [-0.2, 0) is 11.2 Å². The molecule has 0 aromatic heterocycles. The number of fused-ring (bicyclic) bond motifs is 2. The van der Waals surface area contributed by atoms with Gasteiger partial charge in [0.05, 0.1) is 17.1 Å². The SMILES string of the molecule is O=[N+]([O-])c1ccc(C[C@]23CNC(CO2)C3)cc1. The van der Waals surface area contributed by atoms with Crippen LogP contribution in [0.3, 0.4) is 0 Å². The van der Waals surface area contributed by atoms with Gasteiger partial charge in [-0.3, -0.25) is 10.1 Å². The quantitative estimate of drug-likeness (QED) is 0.632. The highest BCUT2D eigenvalue weighted by Gasteiger charge is 2.45. The number of nitrogens with one attached hydrogen (secondary N) is 1. The molecule has 2 fully saturated rings. The van der Waals surface area contributed by atoms with Crippen molar-refractivity contribution in [3.63, 3.8) is 0 Å². The minimum absolute atomic E-state index is 0.0825. The molecule has 0 spiro atoms. The topological polar surface area (TPSA) is 64.4 Å². The third-order valence-electron chi connectivity index (χ3n) is 3.60. The molecule has 3 rings (SSSR count). The molecule has 90 valence electrons. The summed E-state index contributed by atoms with van der Waals surface area (Å²) in [6.07, 6.45) is 1.87. The number of hydrogen-bond acceptors (Lipinski definition) is 4. The fourth-order valence-electron chi connectivity index (χ4n) is 2.72. The average molecular weight is 234 g/mol. The predicted molar refractivity (Wildman–Crippen MR) is 61.9 cm³/mol. The van der Waals surface area contributed by atoms with Crippen molar-refractivity contribution in [1.82, 2.24) is 5.32 Å². The maximum absolute atomic E-state index is 10.6. The molecule has 1 N–H and O–H groups in total. The van der Waals surface area contributed by atoms with Gasteiger partial charge in [-0.1, -0.05) is 12.1 Å². The molecule has 1 aromatic carbocycles. The lowest BCUT2D eigenvalue weighted by molar-refractivity contribution is -0.384. The van der Waals surface area contributed by atoms with Crippen molar-refractivity contribution in [3.05, 3.63) is 39.9 Å². The number of benzene rings is 1. The number of morpholine rings is 1. The fraction of sp³-hybridized carbons (Fsp3) is 0.500. The lowest BCUT2D eigenvalue weighted by atomic mass is 9.93. The van der Waals surface area contributed by atoms with E-state index in [0.29, 0.717) is 6.04 Å². The van der Waals surface area contributed by atoms with Crippen molar-refractivity contribution in [3.8, 4) is 0 Å². The Morgan fingerprint density at radius 3 is 2.71 bits per heavy atom. The van der Waals surface area contributed by atoms with Crippen molar-refractivity contribution in [1.29, 1.82) is 0 Å². The zero-order chi connectivity index (χ0) is 11.9. The lowest BCUT2D eigenvalue weighted by Crippen LogP contribution is -2.40. The highest BCUT2D eigenvalue weighted by molar-refractivity contribution is 5.33. The van der Waals surface area contributed by atoms with Crippen LogP contribution in [-0.4, -0.2) is 29.7 Å². The minimum atomic E-state index is -0.374. The molecule has 2 heterocycles. The van der Waals surface area contributed by atoms with Crippen molar-refractivity contribution >= 4 is 5.69 Å². The predicted octanol–water partition coefficient (Wildman–Crippen LogP) is 1.27. The second-order valence-electron chi connectivity index (χ2n) is 4.88. The highest BCUT2D eigenvalue weighted by atomic mass is 16.6. The van der Waals surface area contributed by atoms with Crippen LogP contribution >= 0.6 is 0 Å². The summed E-state index contributed by atoms with van der Waals surface area (Å²) >= 11 is 0. The Morgan fingerprint density at radius 2 is 2.24 bits per heavy atom. The maximum Gasteiger partial charge on any atom is 0.269 e. The summed E-state index contributed by atoms with van der Waals surface area (Å²) in [4.78, 5) is 10.2. The first kappa shape index (κ1) is 10.7. The van der Waals surface area contributed by atoms with Crippen LogP contribution in [0.4, 0.5) is 5.69 Å². The number of ether oxygens (including phenoxy) is 1. The van der Waals surface area contributed by atoms with E-state index in [4.69, 9.17) is 4.74 Å². The third kappa shape index (κ3) is 1.92. The second-order valence-corrected chi connectivity index (χ2v) is 4.88. The molecule has 1 aromatic rings. The Balaban J connectivity index is 1.75. The standard InChI is InChI=1S/C12H14N2O3/c15-14(16)11-3-1-9(2-4-11)5-12-6-10(7-17-12)13-8-12/h1-4,10,13H,5-8H2/t10?,12-/m0/s1. The monoisotopic (exact) mass is 234 g/mol. The van der Waals surface area contributed by atoms with Gasteiger partial charge in [-0.2, -0.15) is 0 Å². The number of nitro benzene ring substituents is 1. The zero-order valence-corrected chi connectivity index (χ0v) is 9.39. The summed E-state index contributed by atoms with van der Waals surface area (Å²) in [7, 11) is 0. The first-order chi connectivity index (χ1) is 8.17. The Kier molecular flexibility index (Phi) is 2.38. The summed E-state index contributed by atoms with van der Waals surface area (Å²) in [6, 6.07) is 7.25. The van der Waals surface area contributed by atoms with E-state index in [1.807, 2.05) is 12.1 Å². The van der Waals surface area contributed by atoms with Gasteiger partial charge in [0, 0.05) is 31.1 Å². The van der Waals surface area contributed by atoms with Gasteiger partial charge in [0.15, 0.2) is 0 Å². The number of hydrogen-bond donors (Lipinski definition) is 1. The van der Waals surface area contributed by atoms with Crippen molar-refractivity contribution in [2.24, 2.45) is 0 Å². The molecule has 2 bridgehead atoms. The van der Waals surface area contributed by atoms with E-state index in [-0.39, 0.29) is 16.2 Å². The number of nitrogens with zero attached hydrogens (tertiary/aromatic N) is 1. The summed E-state index contributed by atoms with van der Waals surface area (Å²) in [5.41, 5.74) is 1.15. The van der Waals surface area contributed by atoms with Gasteiger partial charge in [0.25, 0.3) is 5.69 Å². The fourth-order valence-corrected chi connectivity index (χ4v) is 2.72. The Labute approximate surface area is 98.9 Å². The Hall–Kier alpha value is -1.46. The van der Waals surface area contributed by atoms with Crippen LogP contribution in [0.5, 0.6) is 0 Å². The number of nitro groups is 1. The van der Waals surface area contributed by atoms with E-state index >= 15 is 0 Å². The molecule has 2 atom stereocenters. The van der Waals surface area contributed by atoms with Crippen molar-refractivity contribution < 1.29 is 9.66 Å². The molecule has 0 aliphatic carbocycles. The molecule has 2 aliphatic heterocycles. The minimum Gasteiger partial charge on any atom is -0.372 e. The van der Waals surface area contributed by atoms with Gasteiger partial charge in [0.1, 0.15) is 0 Å². The molecule has 17 heavy (non-hydrogen) atoms. The van der Waals surface area contributed by atoms with E-state index in [9.17, 15) is 10.1 Å². The van der Waals surface area contributed by atoms with Crippen LogP contribution < -0.4 is 5.32 Å². The van der Waals surface area contributed by atoms with E-state index in [0.717, 1.165) is 31.6 Å². The number of rotatable bonds is 3. The Bertz CT molecular complexity index is 436. The van der Waals surface area contributed by atoms with Crippen LogP contribution in [0.1, 0.15) is 12.0 Å². The molecule has 5 heteroatoms. The van der Waals surface area contributed by atoms with E-state index < -0.39 is 0 Å². The second kappa shape index (κ2) is 3.78.